The summed E-state index contributed by atoms with van der Waals surface area (Å²) in [5.74, 6) is -2.58. The van der Waals surface area contributed by atoms with E-state index in [2.05, 4.69) is 17.1 Å². The van der Waals surface area contributed by atoms with E-state index in [1.54, 1.807) is 4.90 Å². The van der Waals surface area contributed by atoms with Gasteiger partial charge in [-0.05, 0) is 29.2 Å². The maximum Gasteiger partial charge on any atom is 0.490 e. The lowest BCUT2D eigenvalue weighted by Gasteiger charge is -2.18. The number of alkyl halides is 3. The lowest BCUT2D eigenvalue weighted by atomic mass is 10.0. The molecule has 2 rings (SSSR count). The van der Waals surface area contributed by atoms with Crippen LogP contribution in [0.5, 0.6) is 0 Å². The molecule has 0 aliphatic heterocycles. The van der Waals surface area contributed by atoms with Crippen LogP contribution in [0.25, 0.3) is 6.08 Å². The summed E-state index contributed by atoms with van der Waals surface area (Å²) in [5, 5.41) is 35.6. The van der Waals surface area contributed by atoms with Gasteiger partial charge in [-0.2, -0.15) is 23.7 Å². The van der Waals surface area contributed by atoms with Crippen LogP contribution in [0.4, 0.5) is 19.0 Å². The number of pyridine rings is 1. The third kappa shape index (κ3) is 8.68. The standard InChI is InChI=1S/C21H20N4O2S.C2HF3O2/c1-4-16-17(11-22)20(25(2)3)24-21(18(16)12-23)28-13-15-7-5-14(6-8-15)9-10-19(26)27;3-2(4,5)1(6)7/h5-10H,4,13H2,1-3H3,(H,26,27);(H,6,7)/b10-9+;. The zero-order valence-electron chi connectivity index (χ0n) is 18.9. The minimum Gasteiger partial charge on any atom is -0.478 e. The van der Waals surface area contributed by atoms with Crippen LogP contribution in [0.3, 0.4) is 0 Å². The summed E-state index contributed by atoms with van der Waals surface area (Å²) in [6.45, 7) is 1.92. The second-order valence-electron chi connectivity index (χ2n) is 6.95. The topological polar surface area (TPSA) is 138 Å². The van der Waals surface area contributed by atoms with Gasteiger partial charge in [0, 0.05) is 25.9 Å². The van der Waals surface area contributed by atoms with Gasteiger partial charge >= 0.3 is 18.1 Å². The van der Waals surface area contributed by atoms with Crippen molar-refractivity contribution < 1.29 is 33.0 Å². The molecular formula is C23H21F3N4O4S. The first-order chi connectivity index (χ1) is 16.3. The van der Waals surface area contributed by atoms with Crippen LogP contribution in [0.15, 0.2) is 35.4 Å². The van der Waals surface area contributed by atoms with Gasteiger partial charge in [-0.25, -0.2) is 14.6 Å². The predicted octanol–water partition coefficient (Wildman–Crippen LogP) is 4.48. The molecule has 2 aromatic rings. The van der Waals surface area contributed by atoms with Gasteiger partial charge < -0.3 is 15.1 Å². The molecule has 0 saturated carbocycles. The van der Waals surface area contributed by atoms with Crippen molar-refractivity contribution in [1.29, 1.82) is 10.5 Å². The number of hydrogen-bond acceptors (Lipinski definition) is 7. The largest absolute Gasteiger partial charge is 0.490 e. The molecule has 12 heteroatoms. The SMILES string of the molecule is CCc1c(C#N)c(SCc2ccc(/C=C/C(=O)O)cc2)nc(N(C)C)c1C#N.O=C(O)C(F)(F)F. The number of nitrogens with zero attached hydrogens (tertiary/aromatic N) is 4. The summed E-state index contributed by atoms with van der Waals surface area (Å²) in [4.78, 5) is 25.8. The molecular weight excluding hydrogens is 485 g/mol. The van der Waals surface area contributed by atoms with E-state index in [1.807, 2.05) is 45.3 Å². The predicted molar refractivity (Wildman–Crippen MR) is 124 cm³/mol. The van der Waals surface area contributed by atoms with E-state index in [1.165, 1.54) is 17.8 Å². The van der Waals surface area contributed by atoms with Crippen molar-refractivity contribution in [2.24, 2.45) is 0 Å². The lowest BCUT2D eigenvalue weighted by molar-refractivity contribution is -0.192. The van der Waals surface area contributed by atoms with Gasteiger partial charge in [0.05, 0.1) is 11.1 Å². The van der Waals surface area contributed by atoms with E-state index in [0.717, 1.165) is 22.8 Å². The number of anilines is 1. The molecule has 0 aliphatic rings. The fourth-order valence-corrected chi connectivity index (χ4v) is 3.62. The van der Waals surface area contributed by atoms with Gasteiger partial charge in [-0.15, -0.1) is 11.8 Å². The molecule has 0 atom stereocenters. The summed E-state index contributed by atoms with van der Waals surface area (Å²) < 4.78 is 31.7. The minimum atomic E-state index is -5.08. The first-order valence-corrected chi connectivity index (χ1v) is 10.8. The molecule has 0 amide bonds. The second-order valence-corrected chi connectivity index (χ2v) is 7.91. The third-order valence-electron chi connectivity index (χ3n) is 4.27. The number of carbonyl (C=O) groups is 2. The number of thioether (sulfide) groups is 1. The highest BCUT2D eigenvalue weighted by Crippen LogP contribution is 2.32. The molecule has 1 heterocycles. The van der Waals surface area contributed by atoms with Crippen LogP contribution in [0.1, 0.15) is 34.7 Å². The zero-order valence-corrected chi connectivity index (χ0v) is 19.7. The number of hydrogen-bond donors (Lipinski definition) is 2. The zero-order chi connectivity index (χ0) is 26.8. The van der Waals surface area contributed by atoms with Crippen LogP contribution in [0.2, 0.25) is 0 Å². The Bertz CT molecular complexity index is 1180. The molecule has 184 valence electrons. The highest BCUT2D eigenvalue weighted by Gasteiger charge is 2.38. The Balaban J connectivity index is 0.000000762. The summed E-state index contributed by atoms with van der Waals surface area (Å²) in [7, 11) is 3.65. The average Bonchev–Trinajstić information content (AvgIpc) is 2.80. The monoisotopic (exact) mass is 506 g/mol. The van der Waals surface area contributed by atoms with E-state index in [-0.39, 0.29) is 0 Å². The van der Waals surface area contributed by atoms with Gasteiger partial charge in [0.25, 0.3) is 0 Å². The van der Waals surface area contributed by atoms with Gasteiger partial charge in [-0.3, -0.25) is 0 Å². The summed E-state index contributed by atoms with van der Waals surface area (Å²) in [5.41, 5.74) is 3.45. The normalized spacial score (nSPS) is 10.6. The van der Waals surface area contributed by atoms with Crippen LogP contribution in [-0.4, -0.2) is 47.4 Å². The Morgan fingerprint density at radius 3 is 2.06 bits per heavy atom. The van der Waals surface area contributed by atoms with Gasteiger partial charge in [-0.1, -0.05) is 31.2 Å². The number of rotatable bonds is 7. The third-order valence-corrected chi connectivity index (χ3v) is 5.31. The minimum absolute atomic E-state index is 0.447. The van der Waals surface area contributed by atoms with Crippen LogP contribution >= 0.6 is 11.8 Å². The van der Waals surface area contributed by atoms with Crippen molar-refractivity contribution in [3.8, 4) is 12.1 Å². The molecule has 0 unspecified atom stereocenters. The van der Waals surface area contributed by atoms with Crippen molar-refractivity contribution in [3.05, 3.63) is 58.2 Å². The van der Waals surface area contributed by atoms with Gasteiger partial charge in [0.1, 0.15) is 23.0 Å². The number of carboxylic acid groups (broad SMARTS) is 2. The van der Waals surface area contributed by atoms with Gasteiger partial charge in [0.2, 0.25) is 0 Å². The number of nitriles is 2. The van der Waals surface area contributed by atoms with Crippen molar-refractivity contribution >= 4 is 35.6 Å². The van der Waals surface area contributed by atoms with E-state index >= 15 is 0 Å². The summed E-state index contributed by atoms with van der Waals surface area (Å²) in [6, 6.07) is 11.9. The fourth-order valence-electron chi connectivity index (χ4n) is 2.66. The maximum atomic E-state index is 10.6. The Morgan fingerprint density at radius 2 is 1.66 bits per heavy atom. The smallest absolute Gasteiger partial charge is 0.478 e. The molecule has 35 heavy (non-hydrogen) atoms. The molecule has 0 saturated heterocycles. The molecule has 0 spiro atoms. The molecule has 0 aliphatic carbocycles. The summed E-state index contributed by atoms with van der Waals surface area (Å²) in [6.07, 6.45) is -1.88. The van der Waals surface area contributed by atoms with Gasteiger partial charge in [0.15, 0.2) is 0 Å². The van der Waals surface area contributed by atoms with E-state index < -0.39 is 18.1 Å². The van der Waals surface area contributed by atoms with E-state index in [0.29, 0.717) is 34.1 Å². The number of aliphatic carboxylic acids is 2. The Kier molecular flexibility index (Phi) is 10.8. The average molecular weight is 507 g/mol. The lowest BCUT2D eigenvalue weighted by Crippen LogP contribution is -2.21. The molecule has 0 radical (unpaired) electrons. The quantitative estimate of drug-likeness (QED) is 0.411. The Hall–Kier alpha value is -4.03. The highest BCUT2D eigenvalue weighted by atomic mass is 32.2. The second kappa shape index (κ2) is 13.0. The first-order valence-electron chi connectivity index (χ1n) is 9.82. The Morgan fingerprint density at radius 1 is 1.11 bits per heavy atom. The number of aromatic nitrogens is 1. The molecule has 8 nitrogen and oxygen atoms in total. The van der Waals surface area contributed by atoms with Crippen molar-refractivity contribution in [1.82, 2.24) is 4.98 Å². The first kappa shape index (κ1) is 29.0. The molecule has 1 aromatic carbocycles. The number of carboxylic acids is 2. The molecule has 2 N–H and O–H groups in total. The van der Waals surface area contributed by atoms with E-state index in [9.17, 15) is 28.5 Å². The van der Waals surface area contributed by atoms with Crippen LogP contribution in [0, 0.1) is 22.7 Å². The van der Waals surface area contributed by atoms with Crippen LogP contribution < -0.4 is 4.90 Å². The van der Waals surface area contributed by atoms with E-state index in [4.69, 9.17) is 15.0 Å². The van der Waals surface area contributed by atoms with Crippen molar-refractivity contribution in [2.45, 2.75) is 30.3 Å². The molecule has 1 aromatic heterocycles. The maximum absolute atomic E-state index is 10.6. The van der Waals surface area contributed by atoms with Crippen molar-refractivity contribution in [2.75, 3.05) is 19.0 Å². The summed E-state index contributed by atoms with van der Waals surface area (Å²) >= 11 is 1.45. The molecule has 0 bridgehead atoms. The van der Waals surface area contributed by atoms with Crippen LogP contribution in [-0.2, 0) is 21.8 Å². The fraction of sp³-hybridized carbons (Fsp3) is 0.261. The number of halogens is 3. The molecule has 0 fully saturated rings. The number of benzene rings is 1. The Labute approximate surface area is 203 Å². The highest BCUT2D eigenvalue weighted by molar-refractivity contribution is 7.98. The van der Waals surface area contributed by atoms with Crippen molar-refractivity contribution in [3.63, 3.8) is 0 Å².